The molecule has 8 aliphatic rings. The molecule has 0 N–H and O–H groups in total. The summed E-state index contributed by atoms with van der Waals surface area (Å²) in [5, 5.41) is 0. The topological polar surface area (TPSA) is 0 Å². The monoisotopic (exact) mass is 1940 g/mol. The van der Waals surface area contributed by atoms with Crippen molar-refractivity contribution in [2.24, 2.45) is 0 Å². The summed E-state index contributed by atoms with van der Waals surface area (Å²) in [5.74, 6) is 0. The predicted molar refractivity (Wildman–Crippen MR) is 636 cm³/mol. The molecule has 0 amide bonds. The van der Waals surface area contributed by atoms with Crippen molar-refractivity contribution in [3.63, 3.8) is 0 Å². The van der Waals surface area contributed by atoms with Crippen LogP contribution >= 0.6 is 0 Å². The molecule has 0 spiro atoms. The fourth-order valence-corrected chi connectivity index (χ4v) is 26.8. The van der Waals surface area contributed by atoms with E-state index in [0.717, 1.165) is 38.5 Å². The molecule has 0 saturated carbocycles. The zero-order valence-corrected chi connectivity index (χ0v) is 89.5. The molecule has 14 aromatic rings. The van der Waals surface area contributed by atoms with Crippen molar-refractivity contribution in [2.45, 2.75) is 355 Å². The van der Waals surface area contributed by atoms with Crippen LogP contribution in [0.4, 0.5) is 0 Å². The normalized spacial score (nSPS) is 14.3. The van der Waals surface area contributed by atoms with E-state index in [4.69, 9.17) is 0 Å². The molecule has 0 heteroatoms. The Morgan fingerprint density at radius 2 is 0.422 bits per heavy atom. The first-order valence-corrected chi connectivity index (χ1v) is 56.9. The van der Waals surface area contributed by atoms with Crippen molar-refractivity contribution in [1.82, 2.24) is 0 Å². The van der Waals surface area contributed by atoms with Gasteiger partial charge in [0.2, 0.25) is 0 Å². The fraction of sp³-hybridized carbons (Fsp3) is 0.374. The van der Waals surface area contributed by atoms with Crippen LogP contribution in [0.25, 0.3) is 44.5 Å². The molecule has 8 aliphatic carbocycles. The van der Waals surface area contributed by atoms with E-state index < -0.39 is 0 Å². The van der Waals surface area contributed by atoms with Gasteiger partial charge in [-0.3, -0.25) is 0 Å². The molecule has 0 radical (unpaired) electrons. The first-order chi connectivity index (χ1) is 70.9. The highest BCUT2D eigenvalue weighted by Gasteiger charge is 2.49. The summed E-state index contributed by atoms with van der Waals surface area (Å²) in [4.78, 5) is 0. The Labute approximate surface area is 888 Å². The number of aryl methyl sites for hydroxylation is 21. The summed E-state index contributed by atoms with van der Waals surface area (Å²) in [7, 11) is 0. The van der Waals surface area contributed by atoms with E-state index in [2.05, 4.69) is 361 Å². The van der Waals surface area contributed by atoms with Gasteiger partial charge in [-0.15, -0.1) is 26.3 Å². The minimum absolute atomic E-state index is 0. The minimum Gasteiger partial charge on any atom is -0.103 e. The van der Waals surface area contributed by atoms with Gasteiger partial charge in [0.05, 0.1) is 5.41 Å². The first-order valence-electron chi connectivity index (χ1n) is 56.9. The standard InChI is InChI=1S/C43H50.C36H36.C35H34.C31H42.2CH4/c1-31-13-23-39-40-24-14-32(2)28-42(40)43(41(39)27-31,25-9-5-3-7-11-33-15-17-35-19-21-37(35)29-33)26-10-6-4-8-12-34-16-18-36-20-22-38(36)30-34;1-24-7-17-32-33-18-8-25(2)21-35(33)36(34(32)20-24,31-16-15-28-12-14-30(28)23-31)19-5-3-4-6-26-9-10-27-11-13-29(27)22-26;1-5-7-9-27-13-17-29(18-14-27)35(30-19-15-28(16-20-30)10-8-6-2)33-23-25(3)11-21-31(33)32-22-12-26(4)24-34(32)35;1-5-7-9-11-13-15-21-31(22-16-14-12-10-8-6-2)29-23-25(3)17-19-27(29)28-20-18-26(4)24-30(28)31;;/h13-18,23-24,27-30H,3-12,19-22,25-26H2,1-2H3;7-10,15-18,20-23H,3-6,11-14,19H2,1-2H3;5-6,11-24H,1-2,7-10H2,3-4H3;5-6,17-20,23-24H,1-2,7-16,21-22H2,3-4H3;2*1H4. The minimum atomic E-state index is -0.337. The van der Waals surface area contributed by atoms with Gasteiger partial charge in [0.1, 0.15) is 0 Å². The molecule has 0 unspecified atom stereocenters. The van der Waals surface area contributed by atoms with E-state index in [-0.39, 0.29) is 36.5 Å². The number of rotatable bonds is 43. The van der Waals surface area contributed by atoms with Crippen molar-refractivity contribution >= 4 is 0 Å². The van der Waals surface area contributed by atoms with Gasteiger partial charge in [-0.2, -0.15) is 0 Å². The Bertz CT molecular complexity index is 6620. The van der Waals surface area contributed by atoms with Crippen LogP contribution in [0.3, 0.4) is 0 Å². The van der Waals surface area contributed by atoms with Gasteiger partial charge in [-0.05, 0) is 407 Å². The Kier molecular flexibility index (Phi) is 35.1. The third kappa shape index (κ3) is 22.7. The number of hydrogen-bond donors (Lipinski definition) is 0. The molecule has 147 heavy (non-hydrogen) atoms. The lowest BCUT2D eigenvalue weighted by atomic mass is 9.67. The molecule has 0 atom stereocenters. The lowest BCUT2D eigenvalue weighted by molar-refractivity contribution is 0.399. The molecule has 0 bridgehead atoms. The van der Waals surface area contributed by atoms with Crippen LogP contribution in [0, 0.1) is 55.4 Å². The lowest BCUT2D eigenvalue weighted by Crippen LogP contribution is -2.29. The van der Waals surface area contributed by atoms with E-state index in [1.54, 1.807) is 77.9 Å². The van der Waals surface area contributed by atoms with Crippen molar-refractivity contribution in [1.29, 1.82) is 0 Å². The SMILES string of the molecule is C.C.C=CCCCCCCC1(CCCCCCC=C)c2cc(C)ccc2-c2ccc(C)cc21.C=CCCc1ccc(C2(c3ccc(CCC=C)cc3)c3cc(C)ccc3-c3ccc(C)cc32)cc1.Cc1ccc2c(c1)C(CCCCCCc1ccc3c(c1)CC3)(CCCCCCc1ccc3c(c1)CC3)c1cc(C)ccc1-2.Cc1ccc2c(c1)C(CCCCCc1ccc3c(c1)CC3)(c1ccc3c(c1)CC3)c1cc(C)ccc1-2. The Morgan fingerprint density at radius 1 is 0.190 bits per heavy atom. The van der Waals surface area contributed by atoms with Crippen LogP contribution in [0.2, 0.25) is 0 Å². The van der Waals surface area contributed by atoms with E-state index in [0.29, 0.717) is 0 Å². The van der Waals surface area contributed by atoms with Gasteiger partial charge in [0, 0.05) is 16.2 Å². The number of unbranched alkanes of at least 4 members (excludes halogenated alkanes) is 16. The molecule has 0 aromatic heterocycles. The summed E-state index contributed by atoms with van der Waals surface area (Å²) in [6, 6.07) is 105. The van der Waals surface area contributed by atoms with Gasteiger partial charge in [-0.1, -0.05) is 440 Å². The number of fused-ring (bicyclic) bond motifs is 16. The Morgan fingerprint density at radius 3 is 0.707 bits per heavy atom. The summed E-state index contributed by atoms with van der Waals surface area (Å²) in [5.41, 5.74) is 59.0. The summed E-state index contributed by atoms with van der Waals surface area (Å²) in [6.45, 7) is 33.5. The third-order valence-corrected chi connectivity index (χ3v) is 35.2. The largest absolute Gasteiger partial charge is 0.103 e. The summed E-state index contributed by atoms with van der Waals surface area (Å²) >= 11 is 0. The fourth-order valence-electron chi connectivity index (χ4n) is 26.8. The second-order valence-corrected chi connectivity index (χ2v) is 45.4. The number of benzene rings is 14. The number of allylic oxidation sites excluding steroid dienone is 4. The highest BCUT2D eigenvalue weighted by molar-refractivity contribution is 5.89. The zero-order valence-electron chi connectivity index (χ0n) is 89.5. The molecule has 14 aromatic carbocycles. The molecular weight excluding hydrogens is 1770 g/mol. The highest BCUT2D eigenvalue weighted by atomic mass is 14.5. The lowest BCUT2D eigenvalue weighted by Gasteiger charge is -2.35. The maximum absolute atomic E-state index is 3.89. The molecule has 0 fully saturated rings. The molecule has 22 rings (SSSR count). The van der Waals surface area contributed by atoms with Crippen LogP contribution in [-0.4, -0.2) is 0 Å². The van der Waals surface area contributed by atoms with Crippen molar-refractivity contribution < 1.29 is 0 Å². The van der Waals surface area contributed by atoms with E-state index >= 15 is 0 Å². The maximum atomic E-state index is 3.89. The second kappa shape index (κ2) is 48.6. The van der Waals surface area contributed by atoms with Crippen LogP contribution in [0.5, 0.6) is 0 Å². The number of hydrogen-bond acceptors (Lipinski definition) is 0. The van der Waals surface area contributed by atoms with Gasteiger partial charge in [0.15, 0.2) is 0 Å². The van der Waals surface area contributed by atoms with Crippen LogP contribution in [0.15, 0.2) is 318 Å². The van der Waals surface area contributed by atoms with Crippen molar-refractivity contribution in [2.75, 3.05) is 0 Å². The van der Waals surface area contributed by atoms with E-state index in [1.165, 1.54) is 369 Å². The first kappa shape index (κ1) is 106. The molecule has 0 aliphatic heterocycles. The maximum Gasteiger partial charge on any atom is 0.0713 e. The molecule has 0 heterocycles. The average molecular weight is 1940 g/mol. The van der Waals surface area contributed by atoms with E-state index in [1.807, 2.05) is 12.2 Å². The second-order valence-electron chi connectivity index (χ2n) is 45.4. The Balaban J connectivity index is 0.000000134. The smallest absolute Gasteiger partial charge is 0.0713 e. The zero-order chi connectivity index (χ0) is 100. The highest BCUT2D eigenvalue weighted by Crippen LogP contribution is 2.61. The van der Waals surface area contributed by atoms with Crippen LogP contribution in [0.1, 0.15) is 373 Å². The van der Waals surface area contributed by atoms with Crippen molar-refractivity contribution in [3.8, 4) is 44.5 Å². The molecule has 758 valence electrons. The van der Waals surface area contributed by atoms with Gasteiger partial charge < -0.3 is 0 Å². The molecule has 0 saturated heterocycles. The molecular formula is C147H170. The molecule has 0 nitrogen and oxygen atoms in total. The van der Waals surface area contributed by atoms with E-state index in [9.17, 15) is 0 Å². The average Bonchev–Trinajstić information content (AvgIpc) is 1.54. The third-order valence-electron chi connectivity index (χ3n) is 35.2. The predicted octanol–water partition coefficient (Wildman–Crippen LogP) is 39.6. The van der Waals surface area contributed by atoms with Crippen LogP contribution in [-0.2, 0) is 105 Å². The summed E-state index contributed by atoms with van der Waals surface area (Å²) in [6.07, 6.45) is 59.7. The van der Waals surface area contributed by atoms with Crippen LogP contribution < -0.4 is 0 Å². The van der Waals surface area contributed by atoms with Gasteiger partial charge in [0.25, 0.3) is 0 Å². The van der Waals surface area contributed by atoms with Crippen molar-refractivity contribution in [3.05, 3.63) is 496 Å². The Hall–Kier alpha value is -12.0. The van der Waals surface area contributed by atoms with Gasteiger partial charge >= 0.3 is 0 Å². The van der Waals surface area contributed by atoms with Gasteiger partial charge in [-0.25, -0.2) is 0 Å². The summed E-state index contributed by atoms with van der Waals surface area (Å²) < 4.78 is 0. The quantitative estimate of drug-likeness (QED) is 0.0264.